The summed E-state index contributed by atoms with van der Waals surface area (Å²) in [4.78, 5) is 0. The van der Waals surface area contributed by atoms with Crippen molar-refractivity contribution in [3.63, 3.8) is 0 Å². The first-order valence-electron chi connectivity index (χ1n) is 12.2. The molecule has 51 heteroatoms. The zero-order valence-corrected chi connectivity index (χ0v) is 89.6. The van der Waals surface area contributed by atoms with E-state index in [9.17, 15) is 104 Å². The Labute approximate surface area is 830 Å². The third kappa shape index (κ3) is 41.0. The van der Waals surface area contributed by atoms with Crippen LogP contribution in [0.15, 0.2) is 0 Å². The fraction of sp³-hybridized carbons (Fsp3) is 1.00. The van der Waals surface area contributed by atoms with Gasteiger partial charge in [-0.1, -0.05) is 0 Å². The molecule has 2 fully saturated rings. The number of rotatable bonds is 21. The first-order valence-corrected chi connectivity index (χ1v) is 22.9. The van der Waals surface area contributed by atoms with Crippen molar-refractivity contribution in [1.82, 2.24) is 0 Å². The van der Waals surface area contributed by atoms with Gasteiger partial charge in [0, 0.05) is 0 Å². The quantitative estimate of drug-likeness (QED) is 0.0760. The first kappa shape index (κ1) is 92.0. The molecule has 328 valence electrons. The van der Waals surface area contributed by atoms with E-state index in [1.165, 1.54) is 0 Å². The van der Waals surface area contributed by atoms with Gasteiger partial charge in [0.1, 0.15) is 37.1 Å². The Morgan fingerprint density at radius 3 is 1.05 bits per heavy atom. The smallest absolute Gasteiger partial charge is 0.726 e. The third-order valence-corrected chi connectivity index (χ3v) is 9.18. The summed E-state index contributed by atoms with van der Waals surface area (Å²) in [6, 6.07) is 0. The first-order chi connectivity index (χ1) is 24.2. The zero-order valence-electron chi connectivity index (χ0n) is 32.8. The minimum atomic E-state index is -6.58. The largest absolute Gasteiger partial charge is 1.00 e. The molecule has 0 aromatic heterocycles. The van der Waals surface area contributed by atoms with E-state index in [1.807, 2.05) is 0 Å². The SMILES string of the molecule is O=S(=O)([O-])OC[C@H]1O[C@@](COS(=O)(=O)[O-])(O[C@H]2O[C@H](COS(=O)(=O)[O-])[C@@H](OS(=O)(=O)[O-])[C@H](OS(=O)(=O)[O-])[C@H]2OS(=O)(=O)[O-])[C@@H](OS(=O)(=O)[O-])[C@@H]1OS(=O)(=O)[O-].[Cs+].[Cs+].[Cs+].[Cs+].[Cs+].[Cs+].[Cs+].[Cs+]. The summed E-state index contributed by atoms with van der Waals surface area (Å²) in [7, 11) is -50.8. The van der Waals surface area contributed by atoms with Gasteiger partial charge in [0.15, 0.2) is 18.5 Å². The van der Waals surface area contributed by atoms with Crippen LogP contribution in [-0.2, 0) is 131 Å². The van der Waals surface area contributed by atoms with Crippen LogP contribution in [0.1, 0.15) is 0 Å². The fourth-order valence-electron chi connectivity index (χ4n) is 4.21. The Bertz CT molecular complexity index is 2310. The Balaban J connectivity index is -0.000000784. The van der Waals surface area contributed by atoms with Crippen molar-refractivity contribution in [2.24, 2.45) is 0 Å². The molecule has 63 heavy (non-hydrogen) atoms. The standard InChI is InChI=1S/C12H22O35S8.8Cs/c13-48(14,15)37-1-4-6(43-51(22,23)24)8(45-53(28,29)30)9(46-54(31,32)33)11(40-4)42-12(3-39-50(19,20)21)10(47-55(34,35)36)7(44-52(25,26)27)5(41-12)2-38-49(16,17)18;;;;;;;;/h4-11H,1-3H2,(H,13,14,15)(H,16,17,18)(H,19,20,21)(H,22,23,24)(H,25,26,27)(H,28,29,30)(H,31,32,33)(H,34,35,36);;;;;;;;/q;8*+1/p-8/t4-,5-,6-,7-,8+,9-,10+,11-,12+;;;;;;;;/m1......../s1. The Morgan fingerprint density at radius 2 is 0.698 bits per heavy atom. The molecular weight excluding hydrogens is 2020 g/mol. The van der Waals surface area contributed by atoms with Crippen molar-refractivity contribution in [3.8, 4) is 0 Å². The maximum absolute atomic E-state index is 11.7. The van der Waals surface area contributed by atoms with Crippen LogP contribution in [0.5, 0.6) is 0 Å². The summed E-state index contributed by atoms with van der Waals surface area (Å²) >= 11 is 0. The zero-order chi connectivity index (χ0) is 43.0. The molecule has 2 saturated heterocycles. The van der Waals surface area contributed by atoms with Gasteiger partial charge < -0.3 is 50.6 Å². The monoisotopic (exact) mass is 2040 g/mol. The second-order valence-electron chi connectivity index (χ2n) is 9.49. The van der Waals surface area contributed by atoms with E-state index in [1.54, 1.807) is 0 Å². The van der Waals surface area contributed by atoms with Gasteiger partial charge in [-0.15, -0.1) is 0 Å². The summed E-state index contributed by atoms with van der Waals surface area (Å²) in [5.74, 6) is -4.31. The molecule has 0 saturated carbocycles. The van der Waals surface area contributed by atoms with Crippen molar-refractivity contribution in [1.29, 1.82) is 0 Å². The van der Waals surface area contributed by atoms with Gasteiger partial charge >= 0.3 is 551 Å². The minimum Gasteiger partial charge on any atom is -0.726 e. The molecule has 0 amide bonds. The van der Waals surface area contributed by atoms with Crippen molar-refractivity contribution < 1.29 is 703 Å². The van der Waals surface area contributed by atoms with Crippen LogP contribution in [0.25, 0.3) is 0 Å². The van der Waals surface area contributed by atoms with Gasteiger partial charge in [-0.2, -0.15) is 0 Å². The van der Waals surface area contributed by atoms with E-state index in [0.29, 0.717) is 0 Å². The molecule has 2 aliphatic rings. The molecule has 0 aliphatic carbocycles. The molecule has 0 aromatic carbocycles. The van der Waals surface area contributed by atoms with Gasteiger partial charge in [-0.25, -0.2) is 67.3 Å². The molecule has 0 unspecified atom stereocenters. The second-order valence-corrected chi connectivity index (χ2v) is 17.7. The topological polar surface area (TPSA) is 559 Å². The maximum atomic E-state index is 11.7. The second kappa shape index (κ2) is 39.1. The minimum absolute atomic E-state index is 0. The van der Waals surface area contributed by atoms with Crippen LogP contribution >= 0.6 is 0 Å². The molecule has 0 N–H and O–H groups in total. The van der Waals surface area contributed by atoms with Crippen LogP contribution in [-0.4, -0.2) is 178 Å². The number of ether oxygens (including phenoxy) is 3. The predicted octanol–water partition coefficient (Wildman–Crippen LogP) is -33.5. The van der Waals surface area contributed by atoms with Gasteiger partial charge in [0.2, 0.25) is 89.0 Å². The molecule has 9 atom stereocenters. The molecule has 0 spiro atoms. The van der Waals surface area contributed by atoms with Gasteiger partial charge in [0.05, 0.1) is 13.2 Å². The van der Waals surface area contributed by atoms with E-state index in [0.717, 1.165) is 0 Å². The number of hydrogen-bond acceptors (Lipinski definition) is 35. The maximum Gasteiger partial charge on any atom is 1.00 e. The van der Waals surface area contributed by atoms with E-state index in [2.05, 4.69) is 33.5 Å². The van der Waals surface area contributed by atoms with Crippen LogP contribution in [0.4, 0.5) is 0 Å². The average molecular weight is 2040 g/mol. The Kier molecular flexibility index (Phi) is 57.0. The molecule has 0 bridgehead atoms. The normalized spacial score (nSPS) is 26.8. The predicted molar refractivity (Wildman–Crippen MR) is 137 cm³/mol. The van der Waals surface area contributed by atoms with Crippen LogP contribution in [0.3, 0.4) is 0 Å². The molecular formula is C12H14Cs8O35S8. The average Bonchev–Trinajstić information content (AvgIpc) is 3.15. The summed E-state index contributed by atoms with van der Waals surface area (Å²) in [5.41, 5.74) is 0. The fourth-order valence-corrected chi connectivity index (χ4v) is 7.60. The summed E-state index contributed by atoms with van der Waals surface area (Å²) in [6.45, 7) is -6.74. The Hall–Kier alpha value is 15.3. The van der Waals surface area contributed by atoms with E-state index < -0.39 is 158 Å². The van der Waals surface area contributed by atoms with Crippen molar-refractivity contribution in [2.75, 3.05) is 19.8 Å². The van der Waals surface area contributed by atoms with Gasteiger partial charge in [0.25, 0.3) is 0 Å². The third-order valence-electron chi connectivity index (χ3n) is 5.65. The van der Waals surface area contributed by atoms with Crippen LogP contribution < -0.4 is 551 Å². The van der Waals surface area contributed by atoms with Crippen molar-refractivity contribution in [3.05, 3.63) is 0 Å². The molecule has 0 aromatic rings. The molecule has 2 rings (SSSR count). The van der Waals surface area contributed by atoms with E-state index in [4.69, 9.17) is 14.2 Å². The van der Waals surface area contributed by atoms with Crippen LogP contribution in [0, 0.1) is 0 Å². The molecule has 2 aliphatic heterocycles. The summed E-state index contributed by atoms with van der Waals surface area (Å²) in [5, 5.41) is 0. The van der Waals surface area contributed by atoms with Gasteiger partial charge in [-0.05, 0) is 0 Å². The van der Waals surface area contributed by atoms with Gasteiger partial charge in [-0.3, -0.25) is 33.5 Å². The number of hydrogen-bond donors (Lipinski definition) is 0. The van der Waals surface area contributed by atoms with Crippen molar-refractivity contribution in [2.45, 2.75) is 54.8 Å². The summed E-state index contributed by atoms with van der Waals surface area (Å²) < 4.78 is 320. The molecule has 2 heterocycles. The Morgan fingerprint density at radius 1 is 0.381 bits per heavy atom. The van der Waals surface area contributed by atoms with E-state index >= 15 is 0 Å². The molecule has 0 radical (unpaired) electrons. The van der Waals surface area contributed by atoms with E-state index in [-0.39, 0.29) is 551 Å². The van der Waals surface area contributed by atoms with Crippen LogP contribution in [0.2, 0.25) is 0 Å². The summed E-state index contributed by atoms with van der Waals surface area (Å²) in [6.07, 6.45) is -27.5. The molecule has 35 nitrogen and oxygen atoms in total. The van der Waals surface area contributed by atoms with Crippen molar-refractivity contribution >= 4 is 83.2 Å².